The van der Waals surface area contributed by atoms with Gasteiger partial charge in [-0.1, -0.05) is 74.4 Å². The molecule has 0 aliphatic carbocycles. The Morgan fingerprint density at radius 1 is 0.719 bits per heavy atom. The van der Waals surface area contributed by atoms with Crippen molar-refractivity contribution in [3.8, 4) is 11.1 Å². The van der Waals surface area contributed by atoms with Crippen molar-refractivity contribution >= 4 is 0 Å². The molecule has 170 valence electrons. The van der Waals surface area contributed by atoms with E-state index in [0.29, 0.717) is 0 Å². The molecule has 3 heteroatoms. The number of hydrogen-bond acceptors (Lipinski definition) is 3. The molecule has 0 radical (unpaired) electrons. The zero-order chi connectivity index (χ0) is 23.1. The van der Waals surface area contributed by atoms with E-state index in [4.69, 9.17) is 0 Å². The summed E-state index contributed by atoms with van der Waals surface area (Å²) in [5, 5.41) is 29.4. The smallest absolute Gasteiger partial charge is 0.0790 e. The Balaban J connectivity index is 1.79. The molecule has 1 unspecified atom stereocenters. The van der Waals surface area contributed by atoms with E-state index in [9.17, 15) is 15.3 Å². The lowest BCUT2D eigenvalue weighted by Gasteiger charge is -2.16. The fourth-order valence-corrected chi connectivity index (χ4v) is 4.30. The number of rotatable bonds is 10. The zero-order valence-electron chi connectivity index (χ0n) is 19.6. The molecule has 3 aromatic carbocycles. The van der Waals surface area contributed by atoms with Gasteiger partial charge in [0, 0.05) is 0 Å². The number of benzene rings is 3. The monoisotopic (exact) mass is 432 g/mol. The van der Waals surface area contributed by atoms with Crippen LogP contribution in [0.5, 0.6) is 0 Å². The number of aliphatic hydroxyl groups excluding tert-OH is 3. The molecule has 0 aliphatic rings. The van der Waals surface area contributed by atoms with Crippen molar-refractivity contribution in [3.63, 3.8) is 0 Å². The second-order valence-corrected chi connectivity index (χ2v) is 8.80. The fourth-order valence-electron chi connectivity index (χ4n) is 4.30. The van der Waals surface area contributed by atoms with Gasteiger partial charge >= 0.3 is 0 Å². The molecule has 3 aromatic rings. The molecule has 3 N–H and O–H groups in total. The van der Waals surface area contributed by atoms with Crippen LogP contribution in [-0.2, 0) is 26.1 Å². The lowest BCUT2D eigenvalue weighted by molar-refractivity contribution is 0.164. The summed E-state index contributed by atoms with van der Waals surface area (Å²) in [7, 11) is 0. The van der Waals surface area contributed by atoms with Crippen molar-refractivity contribution in [1.82, 2.24) is 0 Å². The molecule has 3 nitrogen and oxygen atoms in total. The number of hydrogen-bond donors (Lipinski definition) is 3. The molecular formula is C29H36O3. The summed E-state index contributed by atoms with van der Waals surface area (Å²) in [5.74, 6) is 0. The summed E-state index contributed by atoms with van der Waals surface area (Å²) >= 11 is 0. The molecule has 0 aliphatic heterocycles. The van der Waals surface area contributed by atoms with Crippen LogP contribution in [0.25, 0.3) is 11.1 Å². The van der Waals surface area contributed by atoms with Crippen molar-refractivity contribution < 1.29 is 15.3 Å². The minimum Gasteiger partial charge on any atom is -0.392 e. The lowest BCUT2D eigenvalue weighted by atomic mass is 9.91. The highest BCUT2D eigenvalue weighted by Gasteiger charge is 2.12. The van der Waals surface area contributed by atoms with Gasteiger partial charge in [0.1, 0.15) is 0 Å². The van der Waals surface area contributed by atoms with Crippen LogP contribution in [0.4, 0.5) is 0 Å². The minimum absolute atomic E-state index is 0.0503. The lowest BCUT2D eigenvalue weighted by Crippen LogP contribution is -2.00. The first-order chi connectivity index (χ1) is 15.5. The maximum Gasteiger partial charge on any atom is 0.0790 e. The van der Waals surface area contributed by atoms with Gasteiger partial charge in [-0.05, 0) is 83.2 Å². The zero-order valence-corrected chi connectivity index (χ0v) is 19.6. The summed E-state index contributed by atoms with van der Waals surface area (Å²) < 4.78 is 0. The van der Waals surface area contributed by atoms with Crippen molar-refractivity contribution in [2.24, 2.45) is 0 Å². The molecule has 0 spiro atoms. The van der Waals surface area contributed by atoms with Gasteiger partial charge in [0.25, 0.3) is 0 Å². The van der Waals surface area contributed by atoms with Crippen LogP contribution < -0.4 is 0 Å². The van der Waals surface area contributed by atoms with Gasteiger partial charge in [-0.2, -0.15) is 0 Å². The molecule has 3 rings (SSSR count). The first-order valence-corrected chi connectivity index (χ1v) is 11.7. The molecule has 0 saturated carbocycles. The summed E-state index contributed by atoms with van der Waals surface area (Å²) in [6.45, 7) is 6.30. The average molecular weight is 433 g/mol. The minimum atomic E-state index is -0.392. The van der Waals surface area contributed by atoms with E-state index in [-0.39, 0.29) is 13.2 Å². The summed E-state index contributed by atoms with van der Waals surface area (Å²) in [6, 6.07) is 18.9. The van der Waals surface area contributed by atoms with Crippen LogP contribution in [0.15, 0.2) is 54.6 Å². The van der Waals surface area contributed by atoms with Gasteiger partial charge in [-0.15, -0.1) is 0 Å². The Morgan fingerprint density at radius 2 is 1.41 bits per heavy atom. The molecule has 0 bridgehead atoms. The van der Waals surface area contributed by atoms with Crippen molar-refractivity contribution in [2.45, 2.75) is 72.2 Å². The summed E-state index contributed by atoms with van der Waals surface area (Å²) in [5.41, 5.74) is 9.89. The Hall–Kier alpha value is -2.46. The van der Waals surface area contributed by atoms with Gasteiger partial charge < -0.3 is 15.3 Å². The van der Waals surface area contributed by atoms with Gasteiger partial charge in [0.2, 0.25) is 0 Å². The highest BCUT2D eigenvalue weighted by Crippen LogP contribution is 2.31. The largest absolute Gasteiger partial charge is 0.392 e. The highest BCUT2D eigenvalue weighted by molar-refractivity contribution is 5.71. The molecule has 0 aromatic heterocycles. The van der Waals surface area contributed by atoms with E-state index in [1.165, 1.54) is 27.8 Å². The second kappa shape index (κ2) is 11.4. The first kappa shape index (κ1) is 24.2. The second-order valence-electron chi connectivity index (χ2n) is 8.80. The molecule has 32 heavy (non-hydrogen) atoms. The van der Waals surface area contributed by atoms with Crippen LogP contribution in [0.2, 0.25) is 0 Å². The van der Waals surface area contributed by atoms with Gasteiger partial charge in [-0.3, -0.25) is 0 Å². The van der Waals surface area contributed by atoms with Crippen molar-refractivity contribution in [3.05, 3.63) is 93.5 Å². The SMILES string of the molecule is CCCCC(O)c1ccc(-c2cc(CCc3ccc(CO)c(CO)c3)ccc2C)c(C)c1. The summed E-state index contributed by atoms with van der Waals surface area (Å²) in [4.78, 5) is 0. The maximum atomic E-state index is 10.5. The number of unbranched alkanes of at least 4 members (excludes halogenated alkanes) is 1. The van der Waals surface area contributed by atoms with E-state index in [0.717, 1.165) is 54.4 Å². The Labute approximate surface area is 192 Å². The third kappa shape index (κ3) is 5.86. The molecule has 0 amide bonds. The maximum absolute atomic E-state index is 10.5. The molecule has 0 heterocycles. The predicted octanol–water partition coefficient (Wildman–Crippen LogP) is 5.96. The fraction of sp³-hybridized carbons (Fsp3) is 0.379. The normalized spacial score (nSPS) is 12.2. The molecule has 1 atom stereocenters. The van der Waals surface area contributed by atoms with E-state index in [1.807, 2.05) is 18.2 Å². The number of aryl methyl sites for hydroxylation is 4. The molecule has 0 saturated heterocycles. The Morgan fingerprint density at radius 3 is 2.06 bits per heavy atom. The van der Waals surface area contributed by atoms with Gasteiger partial charge in [0.05, 0.1) is 19.3 Å². The van der Waals surface area contributed by atoms with E-state index in [1.54, 1.807) is 0 Å². The average Bonchev–Trinajstić information content (AvgIpc) is 2.81. The van der Waals surface area contributed by atoms with E-state index < -0.39 is 6.10 Å². The van der Waals surface area contributed by atoms with E-state index >= 15 is 0 Å². The van der Waals surface area contributed by atoms with Crippen LogP contribution >= 0.6 is 0 Å². The number of aliphatic hydroxyl groups is 3. The van der Waals surface area contributed by atoms with Gasteiger partial charge in [0.15, 0.2) is 0 Å². The van der Waals surface area contributed by atoms with Crippen molar-refractivity contribution in [1.29, 1.82) is 0 Å². The van der Waals surface area contributed by atoms with Crippen LogP contribution in [-0.4, -0.2) is 15.3 Å². The predicted molar refractivity (Wildman–Crippen MR) is 132 cm³/mol. The van der Waals surface area contributed by atoms with Crippen LogP contribution in [0, 0.1) is 13.8 Å². The van der Waals surface area contributed by atoms with Crippen molar-refractivity contribution in [2.75, 3.05) is 0 Å². The Bertz CT molecular complexity index is 1040. The van der Waals surface area contributed by atoms with Crippen LogP contribution in [0.3, 0.4) is 0 Å². The van der Waals surface area contributed by atoms with Gasteiger partial charge in [-0.25, -0.2) is 0 Å². The highest BCUT2D eigenvalue weighted by atomic mass is 16.3. The van der Waals surface area contributed by atoms with E-state index in [2.05, 4.69) is 57.2 Å². The third-order valence-corrected chi connectivity index (χ3v) is 6.37. The Kier molecular flexibility index (Phi) is 8.63. The molecular weight excluding hydrogens is 396 g/mol. The molecule has 0 fully saturated rings. The van der Waals surface area contributed by atoms with Crippen LogP contribution in [0.1, 0.15) is 71.2 Å². The summed E-state index contributed by atoms with van der Waals surface area (Å²) in [6.07, 6.45) is 4.32. The topological polar surface area (TPSA) is 60.7 Å². The quantitative estimate of drug-likeness (QED) is 0.370. The third-order valence-electron chi connectivity index (χ3n) is 6.37. The first-order valence-electron chi connectivity index (χ1n) is 11.7. The standard InChI is InChI=1S/C29H36O3/c1-4-5-6-29(32)24-13-14-27(21(3)15-24)28-17-23(8-7-20(28)2)10-9-22-11-12-25(18-30)26(16-22)19-31/h7-8,11-17,29-32H,4-6,9-10,18-19H2,1-3H3.